The molecule has 0 bridgehead atoms. The third-order valence-electron chi connectivity index (χ3n) is 4.78. The first-order valence-corrected chi connectivity index (χ1v) is 9.73. The van der Waals surface area contributed by atoms with Crippen LogP contribution in [-0.4, -0.2) is 30.4 Å². The molecular weight excluding hydrogens is 431 g/mol. The van der Waals surface area contributed by atoms with Crippen molar-refractivity contribution in [2.75, 3.05) is 5.32 Å². The van der Waals surface area contributed by atoms with Gasteiger partial charge in [-0.05, 0) is 38.1 Å². The van der Waals surface area contributed by atoms with Crippen molar-refractivity contribution >= 4 is 17.4 Å². The van der Waals surface area contributed by atoms with E-state index in [4.69, 9.17) is 0 Å². The van der Waals surface area contributed by atoms with E-state index in [9.17, 15) is 24.1 Å². The number of nitrogens with zero attached hydrogens (tertiary/aromatic N) is 5. The van der Waals surface area contributed by atoms with Crippen molar-refractivity contribution in [1.29, 1.82) is 0 Å². The van der Waals surface area contributed by atoms with E-state index in [-0.39, 0.29) is 17.2 Å². The monoisotopic (exact) mass is 448 g/mol. The van der Waals surface area contributed by atoms with Crippen molar-refractivity contribution in [1.82, 2.24) is 19.6 Å². The molecule has 0 fully saturated rings. The number of nitrogens with one attached hydrogen (secondary N) is 1. The number of aromatic nitrogens is 4. The summed E-state index contributed by atoms with van der Waals surface area (Å²) in [6.45, 7) is 3.28. The smallest absolute Gasteiger partial charge is 0.281 e. The van der Waals surface area contributed by atoms with Crippen molar-refractivity contribution in [2.45, 2.75) is 13.8 Å². The average molecular weight is 448 g/mol. The topological polar surface area (TPSA) is 125 Å². The van der Waals surface area contributed by atoms with E-state index < -0.39 is 27.8 Å². The molecule has 4 rings (SSSR count). The summed E-state index contributed by atoms with van der Waals surface area (Å²) in [7, 11) is 0. The number of carbonyl (C=O) groups is 1. The van der Waals surface area contributed by atoms with Gasteiger partial charge in [-0.25, -0.2) is 13.8 Å². The Hall–Kier alpha value is -4.67. The number of para-hydroxylation sites is 1. The molecule has 2 aromatic carbocycles. The Balaban J connectivity index is 1.70. The summed E-state index contributed by atoms with van der Waals surface area (Å²) >= 11 is 0. The molecule has 0 saturated carbocycles. The fourth-order valence-electron chi connectivity index (χ4n) is 3.25. The van der Waals surface area contributed by atoms with E-state index in [1.54, 1.807) is 26.0 Å². The number of non-ortho nitro benzene ring substituents is 1. The third kappa shape index (κ3) is 4.24. The minimum Gasteiger partial charge on any atom is -0.305 e. The van der Waals surface area contributed by atoms with Gasteiger partial charge in [0.25, 0.3) is 11.6 Å². The number of nitro benzene ring substituents is 1. The predicted octanol–water partition coefficient (Wildman–Crippen LogP) is 3.33. The van der Waals surface area contributed by atoms with Crippen LogP contribution in [0.25, 0.3) is 11.4 Å². The number of hydrogen-bond acceptors (Lipinski definition) is 6. The molecule has 0 radical (unpaired) electrons. The van der Waals surface area contributed by atoms with Gasteiger partial charge in [0.1, 0.15) is 17.3 Å². The van der Waals surface area contributed by atoms with E-state index >= 15 is 0 Å². The first kappa shape index (κ1) is 21.6. The van der Waals surface area contributed by atoms with E-state index in [1.807, 2.05) is 0 Å². The second kappa shape index (κ2) is 8.46. The highest BCUT2D eigenvalue weighted by molar-refractivity contribution is 6.02. The van der Waals surface area contributed by atoms with Gasteiger partial charge in [-0.2, -0.15) is 10.2 Å². The van der Waals surface area contributed by atoms with Crippen molar-refractivity contribution in [2.24, 2.45) is 0 Å². The lowest BCUT2D eigenvalue weighted by Crippen LogP contribution is -2.27. The number of nitro groups is 1. The molecule has 4 aromatic rings. The van der Waals surface area contributed by atoms with Crippen LogP contribution < -0.4 is 10.7 Å². The van der Waals surface area contributed by atoms with Gasteiger partial charge >= 0.3 is 0 Å². The summed E-state index contributed by atoms with van der Waals surface area (Å²) in [5.74, 6) is -1.14. The molecule has 33 heavy (non-hydrogen) atoms. The van der Waals surface area contributed by atoms with Gasteiger partial charge < -0.3 is 5.32 Å². The van der Waals surface area contributed by atoms with Gasteiger partial charge in [-0.3, -0.25) is 19.7 Å². The van der Waals surface area contributed by atoms with Crippen LogP contribution in [0.15, 0.2) is 65.5 Å². The van der Waals surface area contributed by atoms with Crippen LogP contribution in [0.1, 0.15) is 21.9 Å². The summed E-state index contributed by atoms with van der Waals surface area (Å²) in [5.41, 5.74) is 0.317. The Bertz CT molecular complexity index is 1440. The van der Waals surface area contributed by atoms with Gasteiger partial charge in [0.15, 0.2) is 5.69 Å². The summed E-state index contributed by atoms with van der Waals surface area (Å²) in [4.78, 5) is 35.8. The van der Waals surface area contributed by atoms with Crippen molar-refractivity contribution in [3.63, 3.8) is 0 Å². The number of benzene rings is 2. The first-order valence-electron chi connectivity index (χ1n) is 9.73. The maximum Gasteiger partial charge on any atom is 0.281 e. The predicted molar refractivity (Wildman–Crippen MR) is 117 cm³/mol. The molecule has 0 spiro atoms. The lowest BCUT2D eigenvalue weighted by molar-refractivity contribution is -0.384. The molecule has 0 saturated heterocycles. The first-order chi connectivity index (χ1) is 15.7. The minimum absolute atomic E-state index is 0.0919. The summed E-state index contributed by atoms with van der Waals surface area (Å²) in [6.07, 6.45) is 0. The lowest BCUT2D eigenvalue weighted by atomic mass is 10.2. The van der Waals surface area contributed by atoms with Crippen LogP contribution in [0, 0.1) is 29.8 Å². The number of aryl methyl sites for hydroxylation is 2. The zero-order valence-corrected chi connectivity index (χ0v) is 17.5. The van der Waals surface area contributed by atoms with E-state index in [0.717, 1.165) is 0 Å². The van der Waals surface area contributed by atoms with E-state index in [2.05, 4.69) is 15.5 Å². The summed E-state index contributed by atoms with van der Waals surface area (Å²) in [5, 5.41) is 21.9. The van der Waals surface area contributed by atoms with Crippen LogP contribution in [0.3, 0.4) is 0 Å². The highest BCUT2D eigenvalue weighted by Gasteiger charge is 2.19. The second-order valence-electron chi connectivity index (χ2n) is 7.17. The van der Waals surface area contributed by atoms with Crippen molar-refractivity contribution in [3.05, 3.63) is 104 Å². The molecule has 11 heteroatoms. The SMILES string of the molecule is Cc1cc(NC(=O)c2nn(-c3ccccc3F)c(C)cc2=O)n(-c2ccc([N+](=O)[O-])cc2)n1. The van der Waals surface area contributed by atoms with Gasteiger partial charge in [-0.15, -0.1) is 0 Å². The van der Waals surface area contributed by atoms with Gasteiger partial charge in [0, 0.05) is 30.0 Å². The number of rotatable bonds is 5. The molecule has 166 valence electrons. The van der Waals surface area contributed by atoms with Gasteiger partial charge in [0.2, 0.25) is 5.43 Å². The molecule has 2 aromatic heterocycles. The second-order valence-corrected chi connectivity index (χ2v) is 7.17. The van der Waals surface area contributed by atoms with Crippen LogP contribution in [0.5, 0.6) is 0 Å². The quantitative estimate of drug-likeness (QED) is 0.369. The number of anilines is 1. The average Bonchev–Trinajstić information content (AvgIpc) is 3.14. The summed E-state index contributed by atoms with van der Waals surface area (Å²) < 4.78 is 16.8. The fourth-order valence-corrected chi connectivity index (χ4v) is 3.25. The zero-order chi connectivity index (χ0) is 23.7. The molecule has 0 atom stereocenters. The van der Waals surface area contributed by atoms with Gasteiger partial charge in [-0.1, -0.05) is 12.1 Å². The maximum absolute atomic E-state index is 14.3. The Morgan fingerprint density at radius 2 is 1.73 bits per heavy atom. The van der Waals surface area contributed by atoms with Crippen LogP contribution in [0.2, 0.25) is 0 Å². The van der Waals surface area contributed by atoms with Gasteiger partial charge in [0.05, 0.1) is 16.3 Å². The molecule has 0 aliphatic rings. The molecule has 10 nitrogen and oxygen atoms in total. The third-order valence-corrected chi connectivity index (χ3v) is 4.78. The van der Waals surface area contributed by atoms with Crippen LogP contribution in [-0.2, 0) is 0 Å². The number of halogens is 1. The summed E-state index contributed by atoms with van der Waals surface area (Å²) in [6, 6.07) is 14.2. The van der Waals surface area contributed by atoms with Crippen molar-refractivity contribution in [3.8, 4) is 11.4 Å². The Morgan fingerprint density at radius 3 is 2.39 bits per heavy atom. The highest BCUT2D eigenvalue weighted by Crippen LogP contribution is 2.20. The molecule has 1 amide bonds. The Labute approximate surface area is 186 Å². The molecule has 2 heterocycles. The fraction of sp³-hybridized carbons (Fsp3) is 0.0909. The normalized spacial score (nSPS) is 10.8. The van der Waals surface area contributed by atoms with Crippen molar-refractivity contribution < 1.29 is 14.1 Å². The maximum atomic E-state index is 14.3. The highest BCUT2D eigenvalue weighted by atomic mass is 19.1. The molecule has 1 N–H and O–H groups in total. The Morgan fingerprint density at radius 1 is 1.03 bits per heavy atom. The molecule has 0 aliphatic heterocycles. The standard InChI is InChI=1S/C22H17FN6O4/c1-13-11-20(28(25-13)15-7-9-16(10-8-15)29(32)33)24-22(31)21-19(30)12-14(2)27(26-21)18-6-4-3-5-17(18)23/h3-12H,1-2H3,(H,24,31). The minimum atomic E-state index is -0.812. The largest absolute Gasteiger partial charge is 0.305 e. The molecular formula is C22H17FN6O4. The number of carbonyl (C=O) groups excluding carboxylic acids is 1. The number of amides is 1. The van der Waals surface area contributed by atoms with E-state index in [1.165, 1.54) is 57.9 Å². The number of hydrogen-bond donors (Lipinski definition) is 1. The van der Waals surface area contributed by atoms with Crippen LogP contribution in [0.4, 0.5) is 15.9 Å². The van der Waals surface area contributed by atoms with Crippen LogP contribution >= 0.6 is 0 Å². The lowest BCUT2D eigenvalue weighted by Gasteiger charge is -2.12. The van der Waals surface area contributed by atoms with E-state index in [0.29, 0.717) is 17.1 Å². The zero-order valence-electron chi connectivity index (χ0n) is 17.5. The Kier molecular flexibility index (Phi) is 5.53. The molecule has 0 aliphatic carbocycles. The molecule has 0 unspecified atom stereocenters.